The first-order valence-electron chi connectivity index (χ1n) is 7.37. The molecule has 21 heavy (non-hydrogen) atoms. The van der Waals surface area contributed by atoms with E-state index in [1.807, 2.05) is 12.1 Å². The van der Waals surface area contributed by atoms with E-state index < -0.39 is 0 Å². The Balaban J connectivity index is 2.00. The van der Waals surface area contributed by atoms with E-state index in [2.05, 4.69) is 35.8 Å². The molecule has 0 saturated carbocycles. The molecule has 0 spiro atoms. The van der Waals surface area contributed by atoms with Gasteiger partial charge in [-0.2, -0.15) is 0 Å². The maximum atomic E-state index is 6.00. The molecule has 2 rings (SSSR count). The number of thiophene rings is 1. The lowest BCUT2D eigenvalue weighted by Crippen LogP contribution is -2.15. The highest BCUT2D eigenvalue weighted by Gasteiger charge is 2.10. The quantitative estimate of drug-likeness (QED) is 0.713. The fraction of sp³-hybridized carbons (Fsp3) is 0.412. The highest BCUT2D eigenvalue weighted by molar-refractivity contribution is 7.09. The molecule has 1 N–H and O–H groups in total. The molecule has 0 unspecified atom stereocenters. The van der Waals surface area contributed by atoms with Crippen LogP contribution in [0, 0.1) is 0 Å². The number of nitrogens with one attached hydrogen (secondary N) is 1. The molecule has 4 heteroatoms. The molecular formula is C17H23NO2S. The van der Waals surface area contributed by atoms with E-state index in [4.69, 9.17) is 9.47 Å². The molecule has 0 fully saturated rings. The Hall–Kier alpha value is -1.52. The van der Waals surface area contributed by atoms with Crippen LogP contribution in [0.4, 0.5) is 0 Å². The number of benzene rings is 1. The Morgan fingerprint density at radius 2 is 2.10 bits per heavy atom. The van der Waals surface area contributed by atoms with Crippen LogP contribution < -0.4 is 14.8 Å². The maximum Gasteiger partial charge on any atom is 0.165 e. The summed E-state index contributed by atoms with van der Waals surface area (Å²) in [4.78, 5) is 1.34. The normalized spacial score (nSPS) is 10.6. The smallest absolute Gasteiger partial charge is 0.165 e. The predicted octanol–water partition coefficient (Wildman–Crippen LogP) is 3.88. The zero-order valence-corrected chi connectivity index (χ0v) is 13.5. The van der Waals surface area contributed by atoms with E-state index in [0.29, 0.717) is 6.61 Å². The highest BCUT2D eigenvalue weighted by Crippen LogP contribution is 2.31. The fourth-order valence-corrected chi connectivity index (χ4v) is 2.82. The highest BCUT2D eigenvalue weighted by atomic mass is 32.1. The van der Waals surface area contributed by atoms with Gasteiger partial charge < -0.3 is 14.8 Å². The summed E-state index contributed by atoms with van der Waals surface area (Å²) >= 11 is 1.77. The minimum atomic E-state index is 0.668. The second-order valence-corrected chi connectivity index (χ2v) is 5.84. The molecule has 1 heterocycles. The number of ether oxygens (including phenoxy) is 2. The van der Waals surface area contributed by atoms with Crippen LogP contribution in [0.5, 0.6) is 11.5 Å². The Kier molecular flexibility index (Phi) is 6.57. The van der Waals surface area contributed by atoms with Crippen molar-refractivity contribution in [2.75, 3.05) is 20.3 Å². The first kappa shape index (κ1) is 15.9. The Labute approximate surface area is 130 Å². The van der Waals surface area contributed by atoms with E-state index in [1.54, 1.807) is 18.4 Å². The predicted molar refractivity (Wildman–Crippen MR) is 88.5 cm³/mol. The second-order valence-electron chi connectivity index (χ2n) is 4.80. The lowest BCUT2D eigenvalue weighted by Gasteiger charge is -2.15. The van der Waals surface area contributed by atoms with Crippen molar-refractivity contribution in [3.8, 4) is 11.5 Å². The molecule has 0 amide bonds. The van der Waals surface area contributed by atoms with Crippen molar-refractivity contribution in [1.29, 1.82) is 0 Å². The number of methoxy groups -OCH3 is 1. The van der Waals surface area contributed by atoms with Crippen molar-refractivity contribution in [2.24, 2.45) is 0 Å². The zero-order valence-electron chi connectivity index (χ0n) is 12.7. The van der Waals surface area contributed by atoms with Crippen LogP contribution >= 0.6 is 11.3 Å². The summed E-state index contributed by atoms with van der Waals surface area (Å²) in [6.07, 6.45) is 2.05. The third kappa shape index (κ3) is 4.76. The third-order valence-corrected chi connectivity index (χ3v) is 4.13. The van der Waals surface area contributed by atoms with Crippen molar-refractivity contribution in [2.45, 2.75) is 26.3 Å². The summed E-state index contributed by atoms with van der Waals surface area (Å²) in [5.41, 5.74) is 1.15. The first-order valence-corrected chi connectivity index (χ1v) is 8.25. The van der Waals surface area contributed by atoms with Gasteiger partial charge in [-0.25, -0.2) is 0 Å². The van der Waals surface area contributed by atoms with Crippen LogP contribution in [0.15, 0.2) is 35.7 Å². The molecular weight excluding hydrogens is 282 g/mol. The van der Waals surface area contributed by atoms with Gasteiger partial charge in [-0.15, -0.1) is 11.3 Å². The average molecular weight is 305 g/mol. The molecule has 0 aliphatic heterocycles. The number of hydrogen-bond acceptors (Lipinski definition) is 4. The van der Waals surface area contributed by atoms with Crippen LogP contribution in [0.1, 0.15) is 23.8 Å². The van der Waals surface area contributed by atoms with E-state index in [-0.39, 0.29) is 0 Å². The van der Waals surface area contributed by atoms with E-state index in [9.17, 15) is 0 Å². The molecule has 2 aromatic rings. The zero-order chi connectivity index (χ0) is 14.9. The van der Waals surface area contributed by atoms with Crippen molar-refractivity contribution in [3.63, 3.8) is 0 Å². The lowest BCUT2D eigenvalue weighted by atomic mass is 10.2. The van der Waals surface area contributed by atoms with Crippen LogP contribution in [-0.2, 0) is 13.0 Å². The molecule has 114 valence electrons. The van der Waals surface area contributed by atoms with E-state index in [0.717, 1.165) is 43.0 Å². The number of hydrogen-bond donors (Lipinski definition) is 1. The van der Waals surface area contributed by atoms with Crippen molar-refractivity contribution in [3.05, 3.63) is 46.2 Å². The molecule has 0 bridgehead atoms. The summed E-state index contributed by atoms with van der Waals surface area (Å²) in [5, 5.41) is 5.51. The van der Waals surface area contributed by atoms with Gasteiger partial charge in [0.05, 0.1) is 13.7 Å². The van der Waals surface area contributed by atoms with Gasteiger partial charge in [-0.05, 0) is 30.5 Å². The third-order valence-electron chi connectivity index (χ3n) is 3.20. The average Bonchev–Trinajstić information content (AvgIpc) is 3.02. The fourth-order valence-electron chi connectivity index (χ4n) is 2.13. The van der Waals surface area contributed by atoms with Crippen LogP contribution in [0.3, 0.4) is 0 Å². The van der Waals surface area contributed by atoms with Gasteiger partial charge in [-0.1, -0.05) is 25.1 Å². The summed E-state index contributed by atoms with van der Waals surface area (Å²) in [7, 11) is 1.69. The Morgan fingerprint density at radius 1 is 1.19 bits per heavy atom. The van der Waals surface area contributed by atoms with Crippen LogP contribution in [-0.4, -0.2) is 20.3 Å². The van der Waals surface area contributed by atoms with Crippen LogP contribution in [0.2, 0.25) is 0 Å². The minimum absolute atomic E-state index is 0.668. The molecule has 1 aromatic heterocycles. The molecule has 0 aliphatic carbocycles. The Morgan fingerprint density at radius 3 is 2.81 bits per heavy atom. The number of para-hydroxylation sites is 1. The van der Waals surface area contributed by atoms with Crippen LogP contribution in [0.25, 0.3) is 0 Å². The number of rotatable bonds is 9. The monoisotopic (exact) mass is 305 g/mol. The second kappa shape index (κ2) is 8.70. The topological polar surface area (TPSA) is 30.5 Å². The Bertz CT molecular complexity index is 526. The summed E-state index contributed by atoms with van der Waals surface area (Å²) in [5.74, 6) is 1.66. The van der Waals surface area contributed by atoms with E-state index in [1.165, 1.54) is 4.88 Å². The first-order chi connectivity index (χ1) is 10.3. The molecule has 0 radical (unpaired) electrons. The minimum Gasteiger partial charge on any atom is -0.493 e. The van der Waals surface area contributed by atoms with Gasteiger partial charge in [0.1, 0.15) is 0 Å². The van der Waals surface area contributed by atoms with Gasteiger partial charge in [0.15, 0.2) is 11.5 Å². The van der Waals surface area contributed by atoms with Crippen molar-refractivity contribution < 1.29 is 9.47 Å². The summed E-state index contributed by atoms with van der Waals surface area (Å²) in [6.45, 7) is 4.64. The molecule has 3 nitrogen and oxygen atoms in total. The maximum absolute atomic E-state index is 6.00. The standard InChI is InChI=1S/C17H23NO2S/c1-3-10-18-13-14-6-4-8-16(19-2)17(14)20-11-9-15-7-5-12-21-15/h4-8,12,18H,3,9-11,13H2,1-2H3. The van der Waals surface area contributed by atoms with E-state index >= 15 is 0 Å². The summed E-state index contributed by atoms with van der Waals surface area (Å²) < 4.78 is 11.4. The van der Waals surface area contributed by atoms with Gasteiger partial charge in [0.25, 0.3) is 0 Å². The molecule has 0 atom stereocenters. The largest absolute Gasteiger partial charge is 0.493 e. The van der Waals surface area contributed by atoms with Gasteiger partial charge in [-0.3, -0.25) is 0 Å². The molecule has 0 saturated heterocycles. The summed E-state index contributed by atoms with van der Waals surface area (Å²) in [6, 6.07) is 10.3. The lowest BCUT2D eigenvalue weighted by molar-refractivity contribution is 0.294. The van der Waals surface area contributed by atoms with Gasteiger partial charge in [0, 0.05) is 23.4 Å². The van der Waals surface area contributed by atoms with Gasteiger partial charge in [0.2, 0.25) is 0 Å². The molecule has 1 aromatic carbocycles. The van der Waals surface area contributed by atoms with Crippen molar-refractivity contribution >= 4 is 11.3 Å². The SMILES string of the molecule is CCCNCc1cccc(OC)c1OCCc1cccs1. The van der Waals surface area contributed by atoms with Crippen molar-refractivity contribution in [1.82, 2.24) is 5.32 Å². The molecule has 0 aliphatic rings. The van der Waals surface area contributed by atoms with Gasteiger partial charge >= 0.3 is 0 Å².